The Bertz CT molecular complexity index is 268. The number of nitrogens with two attached hydrogens (primary N) is 1. The van der Waals surface area contributed by atoms with E-state index in [9.17, 15) is 0 Å². The molecule has 2 rings (SSSR count). The van der Waals surface area contributed by atoms with Crippen molar-refractivity contribution in [3.63, 3.8) is 0 Å². The van der Waals surface area contributed by atoms with Gasteiger partial charge in [0.15, 0.2) is 0 Å². The van der Waals surface area contributed by atoms with Crippen LogP contribution in [0.1, 0.15) is 31.5 Å². The van der Waals surface area contributed by atoms with Crippen molar-refractivity contribution in [1.29, 1.82) is 0 Å². The summed E-state index contributed by atoms with van der Waals surface area (Å²) < 4.78 is 0. The second-order valence-corrected chi connectivity index (χ2v) is 3.94. The topological polar surface area (TPSA) is 57.9 Å². The van der Waals surface area contributed by atoms with E-state index in [0.29, 0.717) is 6.04 Å². The summed E-state index contributed by atoms with van der Waals surface area (Å²) in [6.45, 7) is 4.43. The molecule has 3 N–H and O–H groups in total. The molecule has 0 saturated carbocycles. The molecule has 0 amide bonds. The van der Waals surface area contributed by atoms with Crippen LogP contribution in [-0.2, 0) is 0 Å². The van der Waals surface area contributed by atoms with Gasteiger partial charge in [-0.2, -0.15) is 0 Å². The first-order chi connectivity index (χ1) is 6.83. The maximum Gasteiger partial charge on any atom is 0.0922 e. The van der Waals surface area contributed by atoms with E-state index in [4.69, 9.17) is 5.73 Å². The Balaban J connectivity index is 2.13. The molecule has 4 heteroatoms. The van der Waals surface area contributed by atoms with Crippen molar-refractivity contribution in [2.75, 3.05) is 13.1 Å². The first-order valence-corrected chi connectivity index (χ1v) is 5.31. The fourth-order valence-corrected chi connectivity index (χ4v) is 2.28. The van der Waals surface area contributed by atoms with Gasteiger partial charge >= 0.3 is 0 Å². The molecule has 1 aliphatic heterocycles. The van der Waals surface area contributed by atoms with E-state index in [2.05, 4.69) is 21.8 Å². The minimum absolute atomic E-state index is 0.252. The molecule has 78 valence electrons. The van der Waals surface area contributed by atoms with Gasteiger partial charge in [-0.05, 0) is 19.4 Å². The smallest absolute Gasteiger partial charge is 0.0922 e. The van der Waals surface area contributed by atoms with Crippen molar-refractivity contribution in [2.24, 2.45) is 5.73 Å². The van der Waals surface area contributed by atoms with Gasteiger partial charge in [0.25, 0.3) is 0 Å². The SMILES string of the molecule is CCCN1CC[C@@H](N)[C@@H]1c1cnc[nH]1. The fourth-order valence-electron chi connectivity index (χ4n) is 2.28. The third-order valence-corrected chi connectivity index (χ3v) is 2.90. The summed E-state index contributed by atoms with van der Waals surface area (Å²) in [6.07, 6.45) is 5.88. The molecule has 0 spiro atoms. The summed E-state index contributed by atoms with van der Waals surface area (Å²) in [5.74, 6) is 0. The number of hydrogen-bond acceptors (Lipinski definition) is 3. The van der Waals surface area contributed by atoms with E-state index < -0.39 is 0 Å². The van der Waals surface area contributed by atoms with Crippen LogP contribution in [-0.4, -0.2) is 34.0 Å². The Morgan fingerprint density at radius 2 is 2.57 bits per heavy atom. The molecule has 14 heavy (non-hydrogen) atoms. The minimum Gasteiger partial charge on any atom is -0.347 e. The number of hydrogen-bond donors (Lipinski definition) is 2. The molecular weight excluding hydrogens is 176 g/mol. The first-order valence-electron chi connectivity index (χ1n) is 5.31. The highest BCUT2D eigenvalue weighted by Gasteiger charge is 2.32. The molecule has 0 radical (unpaired) electrons. The van der Waals surface area contributed by atoms with Crippen LogP contribution in [0.25, 0.3) is 0 Å². The lowest BCUT2D eigenvalue weighted by atomic mass is 10.1. The van der Waals surface area contributed by atoms with Crippen molar-refractivity contribution in [2.45, 2.75) is 31.8 Å². The van der Waals surface area contributed by atoms with Gasteiger partial charge in [-0.1, -0.05) is 6.92 Å². The molecule has 0 unspecified atom stereocenters. The number of aromatic nitrogens is 2. The second kappa shape index (κ2) is 4.11. The van der Waals surface area contributed by atoms with E-state index in [1.807, 2.05) is 6.20 Å². The van der Waals surface area contributed by atoms with Crippen molar-refractivity contribution in [3.05, 3.63) is 18.2 Å². The average Bonchev–Trinajstić information content (AvgIpc) is 2.76. The number of aromatic amines is 1. The number of imidazole rings is 1. The molecule has 2 atom stereocenters. The fraction of sp³-hybridized carbons (Fsp3) is 0.700. The van der Waals surface area contributed by atoms with Crippen LogP contribution < -0.4 is 5.73 Å². The lowest BCUT2D eigenvalue weighted by Gasteiger charge is -2.24. The van der Waals surface area contributed by atoms with E-state index >= 15 is 0 Å². The molecular formula is C10H18N4. The third kappa shape index (κ3) is 1.67. The Morgan fingerprint density at radius 1 is 1.71 bits per heavy atom. The number of nitrogens with zero attached hydrogens (tertiary/aromatic N) is 2. The third-order valence-electron chi connectivity index (χ3n) is 2.90. The molecule has 2 heterocycles. The summed E-state index contributed by atoms with van der Waals surface area (Å²) >= 11 is 0. The van der Waals surface area contributed by atoms with Crippen LogP contribution in [0.2, 0.25) is 0 Å². The van der Waals surface area contributed by atoms with Gasteiger partial charge in [0.2, 0.25) is 0 Å². The first kappa shape index (κ1) is 9.68. The number of likely N-dealkylation sites (tertiary alicyclic amines) is 1. The quantitative estimate of drug-likeness (QED) is 0.751. The summed E-state index contributed by atoms with van der Waals surface area (Å²) in [7, 11) is 0. The highest BCUT2D eigenvalue weighted by molar-refractivity contribution is 5.09. The number of nitrogens with one attached hydrogen (secondary N) is 1. The Labute approximate surface area is 84.5 Å². The monoisotopic (exact) mass is 194 g/mol. The van der Waals surface area contributed by atoms with E-state index in [1.165, 1.54) is 6.42 Å². The summed E-state index contributed by atoms with van der Waals surface area (Å²) in [4.78, 5) is 9.67. The van der Waals surface area contributed by atoms with Crippen LogP contribution >= 0.6 is 0 Å². The molecule has 4 nitrogen and oxygen atoms in total. The van der Waals surface area contributed by atoms with Crippen LogP contribution in [0, 0.1) is 0 Å². The maximum absolute atomic E-state index is 6.10. The van der Waals surface area contributed by atoms with Crippen LogP contribution in [0.15, 0.2) is 12.5 Å². The lowest BCUT2D eigenvalue weighted by molar-refractivity contribution is 0.244. The molecule has 0 aromatic carbocycles. The van der Waals surface area contributed by atoms with E-state index in [-0.39, 0.29) is 6.04 Å². The molecule has 1 saturated heterocycles. The lowest BCUT2D eigenvalue weighted by Crippen LogP contribution is -2.32. The maximum atomic E-state index is 6.10. The van der Waals surface area contributed by atoms with Crippen molar-refractivity contribution >= 4 is 0 Å². The molecule has 1 aliphatic rings. The standard InChI is InChI=1S/C10H18N4/c1-2-4-14-5-3-8(11)10(14)9-6-12-7-13-9/h6-8,10H,2-5,11H2,1H3,(H,12,13)/t8-,10-/m1/s1. The summed E-state index contributed by atoms with van der Waals surface area (Å²) in [5, 5.41) is 0. The number of rotatable bonds is 3. The van der Waals surface area contributed by atoms with E-state index in [0.717, 1.165) is 25.2 Å². The van der Waals surface area contributed by atoms with Gasteiger partial charge in [-0.25, -0.2) is 4.98 Å². The Morgan fingerprint density at radius 3 is 3.21 bits per heavy atom. The van der Waals surface area contributed by atoms with Gasteiger partial charge in [0.05, 0.1) is 18.1 Å². The highest BCUT2D eigenvalue weighted by atomic mass is 15.2. The molecule has 1 fully saturated rings. The number of H-pyrrole nitrogens is 1. The van der Waals surface area contributed by atoms with Gasteiger partial charge in [0.1, 0.15) is 0 Å². The predicted molar refractivity (Wildman–Crippen MR) is 55.8 cm³/mol. The van der Waals surface area contributed by atoms with Gasteiger partial charge in [-0.15, -0.1) is 0 Å². The molecule has 1 aromatic rings. The van der Waals surface area contributed by atoms with Gasteiger partial charge in [0, 0.05) is 18.8 Å². The minimum atomic E-state index is 0.252. The second-order valence-electron chi connectivity index (χ2n) is 3.94. The average molecular weight is 194 g/mol. The van der Waals surface area contributed by atoms with Crippen LogP contribution in [0.5, 0.6) is 0 Å². The van der Waals surface area contributed by atoms with Crippen molar-refractivity contribution < 1.29 is 0 Å². The van der Waals surface area contributed by atoms with Crippen molar-refractivity contribution in [1.82, 2.24) is 14.9 Å². The predicted octanol–water partition coefficient (Wildman–Crippen LogP) is 0.894. The molecule has 1 aromatic heterocycles. The van der Waals surface area contributed by atoms with Gasteiger partial charge in [-0.3, -0.25) is 4.90 Å². The summed E-state index contributed by atoms with van der Waals surface area (Å²) in [6, 6.07) is 0.597. The molecule has 0 aliphatic carbocycles. The zero-order valence-corrected chi connectivity index (χ0v) is 8.61. The van der Waals surface area contributed by atoms with Gasteiger partial charge < -0.3 is 10.7 Å². The largest absolute Gasteiger partial charge is 0.347 e. The Hall–Kier alpha value is -0.870. The molecule has 0 bridgehead atoms. The van der Waals surface area contributed by atoms with E-state index in [1.54, 1.807) is 6.33 Å². The normalized spacial score (nSPS) is 28.4. The van der Waals surface area contributed by atoms with Crippen molar-refractivity contribution in [3.8, 4) is 0 Å². The Kier molecular flexibility index (Phi) is 2.84. The van der Waals surface area contributed by atoms with Crippen LogP contribution in [0.4, 0.5) is 0 Å². The summed E-state index contributed by atoms with van der Waals surface area (Å²) in [5.41, 5.74) is 7.26. The van der Waals surface area contributed by atoms with Crippen LogP contribution in [0.3, 0.4) is 0 Å². The zero-order valence-electron chi connectivity index (χ0n) is 8.61. The highest BCUT2D eigenvalue weighted by Crippen LogP contribution is 2.29. The zero-order chi connectivity index (χ0) is 9.97.